The van der Waals surface area contributed by atoms with Crippen LogP contribution < -0.4 is 5.32 Å². The molecule has 0 aliphatic heterocycles. The number of rotatable bonds is 5. The van der Waals surface area contributed by atoms with Gasteiger partial charge in [0.25, 0.3) is 11.6 Å². The van der Waals surface area contributed by atoms with Crippen molar-refractivity contribution < 1.29 is 9.72 Å². The molecule has 98 valence electrons. The van der Waals surface area contributed by atoms with Crippen molar-refractivity contribution in [3.8, 4) is 0 Å². The number of nitro groups is 1. The van der Waals surface area contributed by atoms with Gasteiger partial charge in [0.1, 0.15) is 0 Å². The Balaban J connectivity index is 2.91. The molecule has 0 fully saturated rings. The van der Waals surface area contributed by atoms with E-state index in [1.54, 1.807) is 11.8 Å². The van der Waals surface area contributed by atoms with E-state index >= 15 is 0 Å². The fourth-order valence-corrected chi connectivity index (χ4v) is 2.40. The summed E-state index contributed by atoms with van der Waals surface area (Å²) in [5, 5.41) is 13.5. The lowest BCUT2D eigenvalue weighted by Gasteiger charge is -2.13. The van der Waals surface area contributed by atoms with Crippen LogP contribution in [-0.4, -0.2) is 28.9 Å². The third kappa shape index (κ3) is 3.99. The summed E-state index contributed by atoms with van der Waals surface area (Å²) in [4.78, 5) is 22.1. The minimum absolute atomic E-state index is 0.0127. The first-order chi connectivity index (χ1) is 8.45. The van der Waals surface area contributed by atoms with E-state index in [9.17, 15) is 14.9 Å². The molecule has 1 aromatic rings. The Hall–Kier alpha value is -1.08. The monoisotopic (exact) mass is 332 g/mol. The number of non-ortho nitro benzene ring substituents is 1. The number of nitrogens with one attached hydrogen (secondary N) is 1. The van der Waals surface area contributed by atoms with Crippen molar-refractivity contribution in [2.24, 2.45) is 0 Å². The lowest BCUT2D eigenvalue weighted by molar-refractivity contribution is -0.384. The van der Waals surface area contributed by atoms with E-state index in [1.807, 2.05) is 13.2 Å². The summed E-state index contributed by atoms with van der Waals surface area (Å²) in [6.07, 6.45) is 1.95. The number of hydrogen-bond acceptors (Lipinski definition) is 4. The van der Waals surface area contributed by atoms with Crippen LogP contribution in [0.5, 0.6) is 0 Å². The molecule has 0 aliphatic rings. The van der Waals surface area contributed by atoms with Crippen molar-refractivity contribution in [1.82, 2.24) is 5.32 Å². The zero-order valence-corrected chi connectivity index (χ0v) is 12.4. The molecule has 1 atom stereocenters. The van der Waals surface area contributed by atoms with Gasteiger partial charge < -0.3 is 5.32 Å². The van der Waals surface area contributed by atoms with Gasteiger partial charge in [0.2, 0.25) is 0 Å². The van der Waals surface area contributed by atoms with Crippen LogP contribution in [0.15, 0.2) is 22.7 Å². The summed E-state index contributed by atoms with van der Waals surface area (Å²) >= 11 is 4.84. The fourth-order valence-electron chi connectivity index (χ4n) is 1.39. The lowest BCUT2D eigenvalue weighted by Crippen LogP contribution is -2.34. The van der Waals surface area contributed by atoms with Gasteiger partial charge in [-0.1, -0.05) is 0 Å². The molecule has 0 radical (unpaired) electrons. The zero-order valence-electron chi connectivity index (χ0n) is 9.97. The molecule has 7 heteroatoms. The quantitative estimate of drug-likeness (QED) is 0.664. The average Bonchev–Trinajstić information content (AvgIpc) is 2.29. The van der Waals surface area contributed by atoms with Crippen LogP contribution in [0.25, 0.3) is 0 Å². The molecule has 0 bridgehead atoms. The Morgan fingerprint density at radius 1 is 1.61 bits per heavy atom. The van der Waals surface area contributed by atoms with E-state index in [0.717, 1.165) is 5.75 Å². The molecular formula is C11H13BrN2O3S. The summed E-state index contributed by atoms with van der Waals surface area (Å²) in [5.74, 6) is 0.477. The third-order valence-corrected chi connectivity index (χ3v) is 3.72. The van der Waals surface area contributed by atoms with Crippen molar-refractivity contribution in [3.05, 3.63) is 38.3 Å². The van der Waals surface area contributed by atoms with E-state index in [0.29, 0.717) is 4.47 Å². The molecule has 1 aromatic carbocycles. The molecule has 0 heterocycles. The fraction of sp³-hybridized carbons (Fsp3) is 0.364. The highest BCUT2D eigenvalue weighted by Gasteiger charge is 2.16. The first-order valence-corrected chi connectivity index (χ1v) is 7.38. The highest BCUT2D eigenvalue weighted by Crippen LogP contribution is 2.22. The van der Waals surface area contributed by atoms with Gasteiger partial charge in [0.05, 0.1) is 10.5 Å². The van der Waals surface area contributed by atoms with Crippen LogP contribution in [0, 0.1) is 10.1 Å². The van der Waals surface area contributed by atoms with E-state index in [-0.39, 0.29) is 23.2 Å². The minimum Gasteiger partial charge on any atom is -0.349 e. The molecule has 5 nitrogen and oxygen atoms in total. The molecule has 1 N–H and O–H groups in total. The molecule has 18 heavy (non-hydrogen) atoms. The van der Waals surface area contributed by atoms with Crippen LogP contribution in [0.1, 0.15) is 17.3 Å². The maximum atomic E-state index is 12.0. The largest absolute Gasteiger partial charge is 0.349 e. The highest BCUT2D eigenvalue weighted by molar-refractivity contribution is 9.10. The predicted octanol–water partition coefficient (Wildman–Crippen LogP) is 2.84. The van der Waals surface area contributed by atoms with Crippen LogP contribution in [-0.2, 0) is 0 Å². The molecule has 0 spiro atoms. The number of nitro benzene ring substituents is 1. The van der Waals surface area contributed by atoms with Gasteiger partial charge in [0.15, 0.2) is 0 Å². The van der Waals surface area contributed by atoms with Gasteiger partial charge in [-0.25, -0.2) is 0 Å². The number of amides is 1. The SMILES string of the molecule is CSCC(C)NC(=O)c1cc([N+](=O)[O-])ccc1Br. The van der Waals surface area contributed by atoms with Gasteiger partial charge in [0, 0.05) is 28.4 Å². The normalized spacial score (nSPS) is 11.9. The summed E-state index contributed by atoms with van der Waals surface area (Å²) < 4.78 is 0.543. The first-order valence-electron chi connectivity index (χ1n) is 5.19. The van der Waals surface area contributed by atoms with Crippen molar-refractivity contribution in [1.29, 1.82) is 0 Å². The number of carbonyl (C=O) groups excluding carboxylic acids is 1. The Kier molecular flexibility index (Phi) is 5.61. The summed E-state index contributed by atoms with van der Waals surface area (Å²) in [7, 11) is 0. The molecule has 1 rings (SSSR count). The average molecular weight is 333 g/mol. The van der Waals surface area contributed by atoms with Crippen LogP contribution in [0.4, 0.5) is 5.69 Å². The van der Waals surface area contributed by atoms with Crippen LogP contribution in [0.3, 0.4) is 0 Å². The van der Waals surface area contributed by atoms with Crippen molar-refractivity contribution in [2.75, 3.05) is 12.0 Å². The maximum absolute atomic E-state index is 12.0. The molecule has 0 saturated carbocycles. The second kappa shape index (κ2) is 6.75. The van der Waals surface area contributed by atoms with Crippen molar-refractivity contribution in [3.63, 3.8) is 0 Å². The lowest BCUT2D eigenvalue weighted by atomic mass is 10.2. The summed E-state index contributed by atoms with van der Waals surface area (Å²) in [5.41, 5.74) is 0.179. The second-order valence-electron chi connectivity index (χ2n) is 3.75. The zero-order chi connectivity index (χ0) is 13.7. The smallest absolute Gasteiger partial charge is 0.270 e. The standard InChI is InChI=1S/C11H13BrN2O3S/c1-7(6-18-2)13-11(15)9-5-8(14(16)17)3-4-10(9)12/h3-5,7H,6H2,1-2H3,(H,13,15). The van der Waals surface area contributed by atoms with Crippen LogP contribution in [0.2, 0.25) is 0 Å². The van der Waals surface area contributed by atoms with Gasteiger partial charge in [-0.05, 0) is 35.2 Å². The van der Waals surface area contributed by atoms with Gasteiger partial charge in [-0.15, -0.1) is 0 Å². The Morgan fingerprint density at radius 2 is 2.28 bits per heavy atom. The maximum Gasteiger partial charge on any atom is 0.270 e. The predicted molar refractivity (Wildman–Crippen MR) is 76.1 cm³/mol. The van der Waals surface area contributed by atoms with Gasteiger partial charge in [-0.3, -0.25) is 14.9 Å². The number of benzene rings is 1. The number of thioether (sulfide) groups is 1. The first kappa shape index (κ1) is 15.0. The van der Waals surface area contributed by atoms with Crippen molar-refractivity contribution >= 4 is 39.3 Å². The molecule has 0 aromatic heterocycles. The number of carbonyl (C=O) groups is 1. The van der Waals surface area contributed by atoms with Gasteiger partial charge >= 0.3 is 0 Å². The van der Waals surface area contributed by atoms with E-state index < -0.39 is 4.92 Å². The molecular weight excluding hydrogens is 320 g/mol. The summed E-state index contributed by atoms with van der Waals surface area (Å²) in [6.45, 7) is 1.89. The summed E-state index contributed by atoms with van der Waals surface area (Å²) in [6, 6.07) is 4.14. The Morgan fingerprint density at radius 3 is 2.83 bits per heavy atom. The molecule has 0 saturated heterocycles. The van der Waals surface area contributed by atoms with Gasteiger partial charge in [-0.2, -0.15) is 11.8 Å². The number of halogens is 1. The second-order valence-corrected chi connectivity index (χ2v) is 5.52. The third-order valence-electron chi connectivity index (χ3n) is 2.20. The Labute approximate surface area is 118 Å². The van der Waals surface area contributed by atoms with E-state index in [4.69, 9.17) is 0 Å². The number of nitrogens with zero attached hydrogens (tertiary/aromatic N) is 1. The van der Waals surface area contributed by atoms with Crippen molar-refractivity contribution in [2.45, 2.75) is 13.0 Å². The minimum atomic E-state index is -0.519. The Bertz CT molecular complexity index is 468. The van der Waals surface area contributed by atoms with E-state index in [1.165, 1.54) is 18.2 Å². The molecule has 1 amide bonds. The van der Waals surface area contributed by atoms with E-state index in [2.05, 4.69) is 21.2 Å². The highest BCUT2D eigenvalue weighted by atomic mass is 79.9. The topological polar surface area (TPSA) is 72.2 Å². The number of hydrogen-bond donors (Lipinski definition) is 1. The molecule has 0 aliphatic carbocycles. The molecule has 1 unspecified atom stereocenters. The van der Waals surface area contributed by atoms with Crippen LogP contribution >= 0.6 is 27.7 Å².